The molecule has 1 heterocycles. The van der Waals surface area contributed by atoms with E-state index in [1.54, 1.807) is 0 Å². The number of carboxylic acid groups (broad SMARTS) is 1. The number of hydrogen-bond donors (Lipinski definition) is 1. The third-order valence-electron chi connectivity index (χ3n) is 2.74. The third kappa shape index (κ3) is 3.60. The molecule has 5 nitrogen and oxygen atoms in total. The van der Waals surface area contributed by atoms with Gasteiger partial charge in [-0.2, -0.15) is 4.98 Å². The Kier molecular flexibility index (Phi) is 4.79. The first-order valence-corrected chi connectivity index (χ1v) is 7.35. The van der Waals surface area contributed by atoms with Gasteiger partial charge in [-0.3, -0.25) is 4.79 Å². The van der Waals surface area contributed by atoms with Gasteiger partial charge in [-0.25, -0.2) is 0 Å². The highest BCUT2D eigenvalue weighted by Crippen LogP contribution is 2.24. The van der Waals surface area contributed by atoms with Gasteiger partial charge in [0.15, 0.2) is 0 Å². The van der Waals surface area contributed by atoms with E-state index < -0.39 is 11.2 Å². The molecule has 0 aliphatic heterocycles. The molecule has 106 valence electrons. The van der Waals surface area contributed by atoms with Crippen LogP contribution in [0.25, 0.3) is 11.4 Å². The van der Waals surface area contributed by atoms with E-state index in [2.05, 4.69) is 10.1 Å². The minimum atomic E-state index is -0.812. The van der Waals surface area contributed by atoms with E-state index >= 15 is 0 Å². The second-order valence-electron chi connectivity index (χ2n) is 4.69. The summed E-state index contributed by atoms with van der Waals surface area (Å²) in [5.74, 6) is 0.606. The van der Waals surface area contributed by atoms with Crippen molar-refractivity contribution in [1.29, 1.82) is 0 Å². The van der Waals surface area contributed by atoms with Crippen molar-refractivity contribution in [2.24, 2.45) is 5.92 Å². The lowest BCUT2D eigenvalue weighted by atomic mass is 10.1. The number of aliphatic carboxylic acids is 1. The summed E-state index contributed by atoms with van der Waals surface area (Å²) in [5.41, 5.74) is 0.881. The highest BCUT2D eigenvalue weighted by atomic mass is 32.2. The van der Waals surface area contributed by atoms with E-state index in [0.29, 0.717) is 17.5 Å². The molecule has 1 N–H and O–H groups in total. The SMILES string of the molecule is CC(C)C(SCc1nc(-c2ccccc2)no1)C(=O)O. The Balaban J connectivity index is 2.02. The summed E-state index contributed by atoms with van der Waals surface area (Å²) in [6.45, 7) is 3.77. The molecule has 6 heteroatoms. The van der Waals surface area contributed by atoms with Crippen molar-refractivity contribution in [1.82, 2.24) is 10.1 Å². The van der Waals surface area contributed by atoms with Gasteiger partial charge < -0.3 is 9.63 Å². The highest BCUT2D eigenvalue weighted by Gasteiger charge is 2.23. The molecule has 20 heavy (non-hydrogen) atoms. The average Bonchev–Trinajstić information content (AvgIpc) is 2.88. The molecule has 1 atom stereocenters. The minimum absolute atomic E-state index is 0.0500. The molecule has 1 aromatic heterocycles. The van der Waals surface area contributed by atoms with Crippen LogP contribution in [0.1, 0.15) is 19.7 Å². The van der Waals surface area contributed by atoms with Gasteiger partial charge in [-0.15, -0.1) is 11.8 Å². The third-order valence-corrected chi connectivity index (χ3v) is 4.25. The van der Waals surface area contributed by atoms with E-state index in [0.717, 1.165) is 5.56 Å². The molecule has 0 amide bonds. The number of benzene rings is 1. The smallest absolute Gasteiger partial charge is 0.316 e. The molecule has 0 saturated heterocycles. The molecule has 0 fully saturated rings. The van der Waals surface area contributed by atoms with Crippen LogP contribution in [0.4, 0.5) is 0 Å². The summed E-state index contributed by atoms with van der Waals surface area (Å²) in [6.07, 6.45) is 0. The van der Waals surface area contributed by atoms with Crippen LogP contribution in [0.15, 0.2) is 34.9 Å². The van der Waals surface area contributed by atoms with Crippen molar-refractivity contribution < 1.29 is 14.4 Å². The van der Waals surface area contributed by atoms with Crippen molar-refractivity contribution in [2.45, 2.75) is 24.9 Å². The molecule has 1 aromatic carbocycles. The number of carboxylic acids is 1. The first-order chi connectivity index (χ1) is 9.58. The van der Waals surface area contributed by atoms with Gasteiger partial charge in [-0.1, -0.05) is 49.3 Å². The molecule has 0 aliphatic carbocycles. The maximum absolute atomic E-state index is 11.1. The Bertz CT molecular complexity index is 569. The minimum Gasteiger partial charge on any atom is -0.480 e. The van der Waals surface area contributed by atoms with Crippen LogP contribution in [0.2, 0.25) is 0 Å². The summed E-state index contributed by atoms with van der Waals surface area (Å²) in [5, 5.41) is 12.6. The number of aromatic nitrogens is 2. The Hall–Kier alpha value is -1.82. The predicted octanol–water partition coefficient (Wildman–Crippen LogP) is 3.08. The van der Waals surface area contributed by atoms with Crippen molar-refractivity contribution in [3.05, 3.63) is 36.2 Å². The van der Waals surface area contributed by atoms with Gasteiger partial charge in [0.1, 0.15) is 5.25 Å². The summed E-state index contributed by atoms with van der Waals surface area (Å²) in [6, 6.07) is 9.52. The Morgan fingerprint density at radius 3 is 2.65 bits per heavy atom. The van der Waals surface area contributed by atoms with Gasteiger partial charge in [-0.05, 0) is 5.92 Å². The van der Waals surface area contributed by atoms with Crippen LogP contribution in [0.3, 0.4) is 0 Å². The van der Waals surface area contributed by atoms with Crippen molar-refractivity contribution in [2.75, 3.05) is 0 Å². The average molecular weight is 292 g/mol. The molecule has 1 unspecified atom stereocenters. The first-order valence-electron chi connectivity index (χ1n) is 6.30. The van der Waals surface area contributed by atoms with Crippen LogP contribution in [-0.2, 0) is 10.5 Å². The van der Waals surface area contributed by atoms with E-state index in [-0.39, 0.29) is 5.92 Å². The fourth-order valence-corrected chi connectivity index (χ4v) is 2.69. The van der Waals surface area contributed by atoms with Gasteiger partial charge in [0, 0.05) is 5.56 Å². The molecule has 0 radical (unpaired) electrons. The zero-order chi connectivity index (χ0) is 14.5. The molecular weight excluding hydrogens is 276 g/mol. The topological polar surface area (TPSA) is 76.2 Å². The maximum atomic E-state index is 11.1. The Labute approximate surface area is 121 Å². The Morgan fingerprint density at radius 2 is 2.05 bits per heavy atom. The number of thioether (sulfide) groups is 1. The lowest BCUT2D eigenvalue weighted by Crippen LogP contribution is -2.22. The van der Waals surface area contributed by atoms with E-state index in [1.807, 2.05) is 44.2 Å². The van der Waals surface area contributed by atoms with Crippen LogP contribution < -0.4 is 0 Å². The van der Waals surface area contributed by atoms with Gasteiger partial charge >= 0.3 is 5.97 Å². The zero-order valence-corrected chi connectivity index (χ0v) is 12.1. The van der Waals surface area contributed by atoms with Crippen molar-refractivity contribution >= 4 is 17.7 Å². The van der Waals surface area contributed by atoms with Crippen LogP contribution in [0, 0.1) is 5.92 Å². The number of carbonyl (C=O) groups is 1. The van der Waals surface area contributed by atoms with E-state index in [9.17, 15) is 4.79 Å². The monoisotopic (exact) mass is 292 g/mol. The van der Waals surface area contributed by atoms with Gasteiger partial charge in [0.05, 0.1) is 5.75 Å². The molecule has 0 spiro atoms. The van der Waals surface area contributed by atoms with E-state index in [1.165, 1.54) is 11.8 Å². The van der Waals surface area contributed by atoms with Gasteiger partial charge in [0.2, 0.25) is 11.7 Å². The van der Waals surface area contributed by atoms with Crippen LogP contribution in [-0.4, -0.2) is 26.5 Å². The second kappa shape index (κ2) is 6.56. The number of nitrogens with zero attached hydrogens (tertiary/aromatic N) is 2. The molecule has 0 aliphatic rings. The van der Waals surface area contributed by atoms with Crippen molar-refractivity contribution in [3.8, 4) is 11.4 Å². The molecule has 2 rings (SSSR count). The summed E-state index contributed by atoms with van der Waals surface area (Å²) in [7, 11) is 0. The second-order valence-corrected chi connectivity index (χ2v) is 5.82. The van der Waals surface area contributed by atoms with Crippen LogP contribution >= 0.6 is 11.8 Å². The fraction of sp³-hybridized carbons (Fsp3) is 0.357. The van der Waals surface area contributed by atoms with Gasteiger partial charge in [0.25, 0.3) is 0 Å². The number of hydrogen-bond acceptors (Lipinski definition) is 5. The summed E-state index contributed by atoms with van der Waals surface area (Å²) >= 11 is 1.30. The van der Waals surface area contributed by atoms with E-state index in [4.69, 9.17) is 9.63 Å². The summed E-state index contributed by atoms with van der Waals surface area (Å²) in [4.78, 5) is 15.4. The lowest BCUT2D eigenvalue weighted by Gasteiger charge is -2.13. The van der Waals surface area contributed by atoms with Crippen LogP contribution in [0.5, 0.6) is 0 Å². The maximum Gasteiger partial charge on any atom is 0.316 e. The predicted molar refractivity (Wildman–Crippen MR) is 77.3 cm³/mol. The molecule has 2 aromatic rings. The molecular formula is C14H16N2O3S. The summed E-state index contributed by atoms with van der Waals surface area (Å²) < 4.78 is 5.15. The quantitative estimate of drug-likeness (QED) is 0.881. The fourth-order valence-electron chi connectivity index (χ4n) is 1.73. The highest BCUT2D eigenvalue weighted by molar-refractivity contribution is 7.99. The van der Waals surface area contributed by atoms with Crippen molar-refractivity contribution in [3.63, 3.8) is 0 Å². The lowest BCUT2D eigenvalue weighted by molar-refractivity contribution is -0.137. The molecule has 0 bridgehead atoms. The Morgan fingerprint density at radius 1 is 1.35 bits per heavy atom. The number of rotatable bonds is 6. The molecule has 0 saturated carbocycles. The first kappa shape index (κ1) is 14.6. The standard InChI is InChI=1S/C14H16N2O3S/c1-9(2)12(14(17)18)20-8-11-15-13(16-19-11)10-6-4-3-5-7-10/h3-7,9,12H,8H2,1-2H3,(H,17,18). The normalized spacial score (nSPS) is 12.6. The zero-order valence-electron chi connectivity index (χ0n) is 11.3. The largest absolute Gasteiger partial charge is 0.480 e.